The van der Waals surface area contributed by atoms with Gasteiger partial charge in [-0.3, -0.25) is 14.3 Å². The number of nitrogens with zero attached hydrogens (tertiary/aromatic N) is 7. The van der Waals surface area contributed by atoms with E-state index < -0.39 is 12.2 Å². The van der Waals surface area contributed by atoms with Crippen LogP contribution in [0.5, 0.6) is 5.88 Å². The molecule has 38 heavy (non-hydrogen) atoms. The lowest BCUT2D eigenvalue weighted by molar-refractivity contribution is 0.0765. The van der Waals surface area contributed by atoms with Crippen LogP contribution in [-0.4, -0.2) is 80.8 Å². The molecule has 0 spiro atoms. The summed E-state index contributed by atoms with van der Waals surface area (Å²) in [6.07, 6.45) is -0.951. The minimum Gasteiger partial charge on any atom is -0.472 e. The third kappa shape index (κ3) is 4.74. The van der Waals surface area contributed by atoms with E-state index in [1.165, 1.54) is 4.57 Å². The number of aromatic nitrogens is 5. The zero-order valence-corrected chi connectivity index (χ0v) is 20.4. The quantitative estimate of drug-likeness (QED) is 0.381. The number of imidazole rings is 1. The van der Waals surface area contributed by atoms with E-state index in [0.717, 1.165) is 0 Å². The van der Waals surface area contributed by atoms with Crippen LogP contribution in [0, 0.1) is 0 Å². The SMILES string of the molecule is O=C(c1ccccn1)N1CC[C@H](Oc2cc(-n3c(C(F)F)nc4ccccc43)nc(N3CCOCC3)n2)C1. The van der Waals surface area contributed by atoms with Gasteiger partial charge in [-0.1, -0.05) is 18.2 Å². The zero-order valence-electron chi connectivity index (χ0n) is 20.4. The van der Waals surface area contributed by atoms with Crippen LogP contribution >= 0.6 is 0 Å². The maximum Gasteiger partial charge on any atom is 0.296 e. The first-order valence-electron chi connectivity index (χ1n) is 12.4. The number of anilines is 1. The smallest absolute Gasteiger partial charge is 0.296 e. The highest BCUT2D eigenvalue weighted by molar-refractivity contribution is 5.92. The van der Waals surface area contributed by atoms with Crippen LogP contribution in [0.4, 0.5) is 14.7 Å². The molecule has 10 nitrogen and oxygen atoms in total. The van der Waals surface area contributed by atoms with Gasteiger partial charge < -0.3 is 19.3 Å². The summed E-state index contributed by atoms with van der Waals surface area (Å²) in [5, 5.41) is 0. The van der Waals surface area contributed by atoms with Crippen molar-refractivity contribution in [3.05, 3.63) is 66.2 Å². The summed E-state index contributed by atoms with van der Waals surface area (Å²) in [6, 6.07) is 13.7. The first-order valence-corrected chi connectivity index (χ1v) is 12.4. The standard InChI is InChI=1S/C26H25F2N7O3/c27-23(28)24-30-18-5-1-2-7-20(18)35(24)21-15-22(32-26(31-21)33-11-13-37-14-12-33)38-17-8-10-34(16-17)25(36)19-6-3-4-9-29-19/h1-7,9,15,17,23H,8,10-14,16H2/t17-/m0/s1. The van der Waals surface area contributed by atoms with Gasteiger partial charge in [0, 0.05) is 38.3 Å². The Morgan fingerprint density at radius 2 is 1.84 bits per heavy atom. The van der Waals surface area contributed by atoms with Crippen molar-refractivity contribution in [2.45, 2.75) is 19.0 Å². The van der Waals surface area contributed by atoms with E-state index in [9.17, 15) is 13.6 Å². The first-order chi connectivity index (χ1) is 18.6. The number of halogens is 2. The fraction of sp³-hybridized carbons (Fsp3) is 0.346. The topological polar surface area (TPSA) is 98.5 Å². The van der Waals surface area contributed by atoms with Crippen molar-refractivity contribution < 1.29 is 23.0 Å². The van der Waals surface area contributed by atoms with Gasteiger partial charge in [0.05, 0.1) is 30.8 Å². The highest BCUT2D eigenvalue weighted by Gasteiger charge is 2.30. The number of benzene rings is 1. The molecular weight excluding hydrogens is 496 g/mol. The maximum absolute atomic E-state index is 14.1. The number of amides is 1. The summed E-state index contributed by atoms with van der Waals surface area (Å²) in [6.45, 7) is 3.00. The molecule has 0 aliphatic carbocycles. The van der Waals surface area contributed by atoms with Crippen LogP contribution in [0.15, 0.2) is 54.7 Å². The number of likely N-dealkylation sites (tertiary alicyclic amines) is 1. The summed E-state index contributed by atoms with van der Waals surface area (Å²) in [5.41, 5.74) is 1.32. The monoisotopic (exact) mass is 521 g/mol. The van der Waals surface area contributed by atoms with E-state index in [-0.39, 0.29) is 23.7 Å². The molecule has 196 valence electrons. The first kappa shape index (κ1) is 24.2. The molecule has 0 radical (unpaired) electrons. The molecule has 12 heteroatoms. The molecule has 0 bridgehead atoms. The Balaban J connectivity index is 1.33. The molecule has 2 saturated heterocycles. The number of morpholine rings is 1. The van der Waals surface area contributed by atoms with E-state index in [2.05, 4.69) is 19.9 Å². The number of carbonyl (C=O) groups excluding carboxylic acids is 1. The minimum absolute atomic E-state index is 0.166. The second kappa shape index (κ2) is 10.3. The predicted octanol–water partition coefficient (Wildman–Crippen LogP) is 3.28. The Hall–Kier alpha value is -4.19. The van der Waals surface area contributed by atoms with Crippen LogP contribution in [0.1, 0.15) is 29.2 Å². The number of para-hydroxylation sites is 2. The van der Waals surface area contributed by atoms with Crippen molar-refractivity contribution >= 4 is 22.9 Å². The van der Waals surface area contributed by atoms with Crippen molar-refractivity contribution in [2.75, 3.05) is 44.3 Å². The normalized spacial score (nSPS) is 17.9. The van der Waals surface area contributed by atoms with Gasteiger partial charge in [0.15, 0.2) is 5.82 Å². The fourth-order valence-electron chi connectivity index (χ4n) is 4.74. The highest BCUT2D eigenvalue weighted by Crippen LogP contribution is 2.30. The van der Waals surface area contributed by atoms with Crippen LogP contribution in [0.2, 0.25) is 0 Å². The molecule has 5 heterocycles. The van der Waals surface area contributed by atoms with E-state index in [1.54, 1.807) is 59.6 Å². The second-order valence-corrected chi connectivity index (χ2v) is 9.05. The van der Waals surface area contributed by atoms with Crippen LogP contribution in [0.3, 0.4) is 0 Å². The Labute approximate surface area is 216 Å². The summed E-state index contributed by atoms with van der Waals surface area (Å²) >= 11 is 0. The molecule has 0 unspecified atom stereocenters. The summed E-state index contributed by atoms with van der Waals surface area (Å²) in [5.74, 6) is 0.266. The van der Waals surface area contributed by atoms with Crippen LogP contribution < -0.4 is 9.64 Å². The van der Waals surface area contributed by atoms with Gasteiger partial charge in [0.2, 0.25) is 11.8 Å². The van der Waals surface area contributed by atoms with Gasteiger partial charge >= 0.3 is 0 Å². The van der Waals surface area contributed by atoms with Crippen molar-refractivity contribution in [3.8, 4) is 11.7 Å². The number of rotatable bonds is 6. The van der Waals surface area contributed by atoms with Crippen LogP contribution in [0.25, 0.3) is 16.9 Å². The molecule has 4 aromatic rings. The summed E-state index contributed by atoms with van der Waals surface area (Å²) < 4.78 is 41.2. The number of hydrogen-bond acceptors (Lipinski definition) is 8. The van der Waals surface area contributed by atoms with Gasteiger partial charge in [0.1, 0.15) is 17.6 Å². The number of alkyl halides is 2. The molecule has 1 amide bonds. The van der Waals surface area contributed by atoms with E-state index in [1.807, 2.05) is 4.90 Å². The molecule has 1 atom stereocenters. The number of pyridine rings is 1. The lowest BCUT2D eigenvalue weighted by Crippen LogP contribution is -2.37. The maximum atomic E-state index is 14.1. The summed E-state index contributed by atoms with van der Waals surface area (Å²) in [7, 11) is 0. The fourth-order valence-corrected chi connectivity index (χ4v) is 4.74. The molecule has 2 fully saturated rings. The average Bonchev–Trinajstić information content (AvgIpc) is 3.58. The van der Waals surface area contributed by atoms with Crippen molar-refractivity contribution in [2.24, 2.45) is 0 Å². The molecule has 2 aliphatic rings. The van der Waals surface area contributed by atoms with Crippen molar-refractivity contribution in [1.29, 1.82) is 0 Å². The Morgan fingerprint density at radius 3 is 2.63 bits per heavy atom. The second-order valence-electron chi connectivity index (χ2n) is 9.05. The average molecular weight is 522 g/mol. The molecule has 1 aromatic carbocycles. The lowest BCUT2D eigenvalue weighted by Gasteiger charge is -2.27. The van der Waals surface area contributed by atoms with Gasteiger partial charge in [0.25, 0.3) is 12.3 Å². The minimum atomic E-state index is -2.81. The number of carbonyl (C=O) groups is 1. The molecule has 3 aromatic heterocycles. The lowest BCUT2D eigenvalue weighted by atomic mass is 10.3. The third-order valence-corrected chi connectivity index (χ3v) is 6.59. The number of fused-ring (bicyclic) bond motifs is 1. The predicted molar refractivity (Wildman–Crippen MR) is 134 cm³/mol. The van der Waals surface area contributed by atoms with Gasteiger partial charge in [-0.15, -0.1) is 0 Å². The summed E-state index contributed by atoms with van der Waals surface area (Å²) in [4.78, 5) is 34.0. The Morgan fingerprint density at radius 1 is 1.03 bits per heavy atom. The molecule has 2 aliphatic heterocycles. The van der Waals surface area contributed by atoms with Gasteiger partial charge in [-0.25, -0.2) is 13.8 Å². The Bertz CT molecular complexity index is 1440. The Kier molecular flexibility index (Phi) is 6.54. The molecule has 0 N–H and O–H groups in total. The zero-order chi connectivity index (χ0) is 26.1. The third-order valence-electron chi connectivity index (χ3n) is 6.59. The molecule has 6 rings (SSSR count). The van der Waals surface area contributed by atoms with Crippen molar-refractivity contribution in [1.82, 2.24) is 29.4 Å². The largest absolute Gasteiger partial charge is 0.472 e. The number of hydrogen-bond donors (Lipinski definition) is 0. The van der Waals surface area contributed by atoms with E-state index in [0.29, 0.717) is 68.5 Å². The molecule has 0 saturated carbocycles. The van der Waals surface area contributed by atoms with E-state index in [4.69, 9.17) is 9.47 Å². The van der Waals surface area contributed by atoms with Gasteiger partial charge in [-0.05, 0) is 24.3 Å². The van der Waals surface area contributed by atoms with Crippen LogP contribution in [-0.2, 0) is 4.74 Å². The number of ether oxygens (including phenoxy) is 2. The van der Waals surface area contributed by atoms with Gasteiger partial charge in [-0.2, -0.15) is 9.97 Å². The highest BCUT2D eigenvalue weighted by atomic mass is 19.3. The van der Waals surface area contributed by atoms with Crippen molar-refractivity contribution in [3.63, 3.8) is 0 Å². The van der Waals surface area contributed by atoms with E-state index >= 15 is 0 Å². The molecular formula is C26H25F2N7O3.